The van der Waals surface area contributed by atoms with Crippen LogP contribution in [0.4, 0.5) is 5.69 Å². The molecule has 1 N–H and O–H groups in total. The molecule has 0 unspecified atom stereocenters. The summed E-state index contributed by atoms with van der Waals surface area (Å²) in [6, 6.07) is 5.46. The van der Waals surface area contributed by atoms with Gasteiger partial charge in [0.15, 0.2) is 0 Å². The van der Waals surface area contributed by atoms with E-state index >= 15 is 0 Å². The molecule has 21 heavy (non-hydrogen) atoms. The lowest BCUT2D eigenvalue weighted by molar-refractivity contribution is 0.447. The predicted octanol–water partition coefficient (Wildman–Crippen LogP) is 1.35. The third-order valence-corrected chi connectivity index (χ3v) is 7.23. The summed E-state index contributed by atoms with van der Waals surface area (Å²) in [5, 5.41) is 3.33. The number of halogens is 1. The highest BCUT2D eigenvalue weighted by Crippen LogP contribution is 2.34. The van der Waals surface area contributed by atoms with Gasteiger partial charge in [-0.3, -0.25) is 0 Å². The molecule has 7 heteroatoms. The molecular formula is C14H20BrN3O2S. The molecule has 0 amide bonds. The maximum absolute atomic E-state index is 12.9. The van der Waals surface area contributed by atoms with Gasteiger partial charge in [-0.15, -0.1) is 0 Å². The molecule has 1 aromatic carbocycles. The van der Waals surface area contributed by atoms with Gasteiger partial charge in [0.1, 0.15) is 0 Å². The van der Waals surface area contributed by atoms with Gasteiger partial charge in [-0.25, -0.2) is 8.42 Å². The number of fused-ring (bicyclic) bond motifs is 1. The number of hydrogen-bond acceptors (Lipinski definition) is 4. The summed E-state index contributed by atoms with van der Waals surface area (Å²) in [5.74, 6) is 0.908. The standard InChI is InChI=1S/C14H20BrN3O2S/c1-17(2)12-3-4-13(15)14(5-12)21(19,20)18-8-10-6-16-7-11(10)9-18/h3-5,10-11,16H,6-9H2,1-2H3/t10-,11+. The molecule has 0 aromatic heterocycles. The van der Waals surface area contributed by atoms with Crippen molar-refractivity contribution >= 4 is 31.6 Å². The summed E-state index contributed by atoms with van der Waals surface area (Å²) in [6.07, 6.45) is 0. The van der Waals surface area contributed by atoms with Crippen LogP contribution in [-0.2, 0) is 10.0 Å². The summed E-state index contributed by atoms with van der Waals surface area (Å²) in [6.45, 7) is 3.10. The summed E-state index contributed by atoms with van der Waals surface area (Å²) >= 11 is 3.39. The van der Waals surface area contributed by atoms with Gasteiger partial charge >= 0.3 is 0 Å². The second kappa shape index (κ2) is 5.53. The van der Waals surface area contributed by atoms with Crippen LogP contribution >= 0.6 is 15.9 Å². The molecule has 116 valence electrons. The molecule has 2 aliphatic rings. The minimum absolute atomic E-state index is 0.363. The third kappa shape index (κ3) is 2.72. The van der Waals surface area contributed by atoms with Crippen molar-refractivity contribution in [1.82, 2.24) is 9.62 Å². The lowest BCUT2D eigenvalue weighted by Gasteiger charge is -2.20. The van der Waals surface area contributed by atoms with Gasteiger partial charge in [0, 0.05) is 37.3 Å². The van der Waals surface area contributed by atoms with Gasteiger partial charge in [0.05, 0.1) is 4.90 Å². The molecule has 3 rings (SSSR count). The highest BCUT2D eigenvalue weighted by atomic mass is 79.9. The number of benzene rings is 1. The van der Waals surface area contributed by atoms with Crippen LogP contribution in [0.1, 0.15) is 0 Å². The van der Waals surface area contributed by atoms with Crippen molar-refractivity contribution in [3.05, 3.63) is 22.7 Å². The van der Waals surface area contributed by atoms with Crippen molar-refractivity contribution in [3.8, 4) is 0 Å². The van der Waals surface area contributed by atoms with Crippen LogP contribution < -0.4 is 10.2 Å². The molecule has 0 spiro atoms. The molecule has 2 saturated heterocycles. The van der Waals surface area contributed by atoms with Crippen molar-refractivity contribution in [2.24, 2.45) is 11.8 Å². The summed E-state index contributed by atoms with van der Waals surface area (Å²) < 4.78 is 28.1. The van der Waals surface area contributed by atoms with Gasteiger partial charge in [-0.1, -0.05) is 0 Å². The fourth-order valence-electron chi connectivity index (χ4n) is 3.12. The number of nitrogens with one attached hydrogen (secondary N) is 1. The minimum Gasteiger partial charge on any atom is -0.378 e. The van der Waals surface area contributed by atoms with E-state index in [2.05, 4.69) is 21.2 Å². The first-order chi connectivity index (χ1) is 9.89. The fraction of sp³-hybridized carbons (Fsp3) is 0.571. The minimum atomic E-state index is -3.44. The van der Waals surface area contributed by atoms with Crippen LogP contribution in [0.3, 0.4) is 0 Å². The third-order valence-electron chi connectivity index (χ3n) is 4.41. The molecule has 0 saturated carbocycles. The SMILES string of the molecule is CN(C)c1ccc(Br)c(S(=O)(=O)N2C[C@H]3CNC[C@H]3C2)c1. The zero-order valence-electron chi connectivity index (χ0n) is 12.2. The van der Waals surface area contributed by atoms with Crippen LogP contribution in [-0.4, -0.2) is 53.0 Å². The van der Waals surface area contributed by atoms with Crippen molar-refractivity contribution in [2.75, 3.05) is 45.2 Å². The Morgan fingerprint density at radius 2 is 1.86 bits per heavy atom. The Labute approximate surface area is 134 Å². The Hall–Kier alpha value is -0.630. The second-order valence-corrected chi connectivity index (χ2v) is 8.77. The Morgan fingerprint density at radius 1 is 1.24 bits per heavy atom. The van der Waals surface area contributed by atoms with E-state index in [0.717, 1.165) is 18.8 Å². The van der Waals surface area contributed by atoms with Gasteiger partial charge in [0.25, 0.3) is 0 Å². The van der Waals surface area contributed by atoms with Crippen molar-refractivity contribution < 1.29 is 8.42 Å². The van der Waals surface area contributed by atoms with Crippen LogP contribution in [0.2, 0.25) is 0 Å². The summed E-state index contributed by atoms with van der Waals surface area (Å²) in [7, 11) is 0.381. The van der Waals surface area contributed by atoms with Crippen LogP contribution in [0, 0.1) is 11.8 Å². The number of nitrogens with zero attached hydrogens (tertiary/aromatic N) is 2. The molecule has 0 bridgehead atoms. The van der Waals surface area contributed by atoms with Gasteiger partial charge < -0.3 is 10.2 Å². The highest BCUT2D eigenvalue weighted by molar-refractivity contribution is 9.10. The van der Waals surface area contributed by atoms with E-state index in [-0.39, 0.29) is 0 Å². The summed E-state index contributed by atoms with van der Waals surface area (Å²) in [4.78, 5) is 2.27. The van der Waals surface area contributed by atoms with Gasteiger partial charge in [-0.05, 0) is 59.1 Å². The normalized spacial score (nSPS) is 26.0. The number of hydrogen-bond donors (Lipinski definition) is 1. The predicted molar refractivity (Wildman–Crippen MR) is 87.1 cm³/mol. The molecule has 2 fully saturated rings. The average Bonchev–Trinajstić information content (AvgIpc) is 2.99. The lowest BCUT2D eigenvalue weighted by Crippen LogP contribution is -2.32. The molecule has 2 atom stereocenters. The first kappa shape index (κ1) is 15.3. The fourth-order valence-corrected chi connectivity index (χ4v) is 5.61. The van der Waals surface area contributed by atoms with E-state index in [1.165, 1.54) is 0 Å². The Bertz CT molecular complexity index is 636. The first-order valence-corrected chi connectivity index (χ1v) is 9.30. The average molecular weight is 374 g/mol. The van der Waals surface area contributed by atoms with Crippen molar-refractivity contribution in [1.29, 1.82) is 0 Å². The van der Waals surface area contributed by atoms with Gasteiger partial charge in [0.2, 0.25) is 10.0 Å². The topological polar surface area (TPSA) is 52.7 Å². The van der Waals surface area contributed by atoms with Gasteiger partial charge in [-0.2, -0.15) is 4.31 Å². The van der Waals surface area contributed by atoms with E-state index in [1.807, 2.05) is 25.1 Å². The van der Waals surface area contributed by atoms with Crippen molar-refractivity contribution in [3.63, 3.8) is 0 Å². The second-order valence-electron chi connectivity index (χ2n) is 6.01. The molecular weight excluding hydrogens is 354 g/mol. The molecule has 0 aliphatic carbocycles. The van der Waals surface area contributed by atoms with E-state index in [9.17, 15) is 8.42 Å². The quantitative estimate of drug-likeness (QED) is 0.868. The number of sulfonamides is 1. The number of rotatable bonds is 3. The highest BCUT2D eigenvalue weighted by Gasteiger charge is 2.42. The molecule has 1 aromatic rings. The smallest absolute Gasteiger partial charge is 0.244 e. The first-order valence-electron chi connectivity index (χ1n) is 7.07. The van der Waals surface area contributed by atoms with Crippen LogP contribution in [0.25, 0.3) is 0 Å². The van der Waals surface area contributed by atoms with E-state index in [0.29, 0.717) is 34.3 Å². The van der Waals surface area contributed by atoms with E-state index in [4.69, 9.17) is 0 Å². The number of anilines is 1. The molecule has 0 radical (unpaired) electrons. The Morgan fingerprint density at radius 3 is 2.43 bits per heavy atom. The van der Waals surface area contributed by atoms with E-state index in [1.54, 1.807) is 16.4 Å². The largest absolute Gasteiger partial charge is 0.378 e. The maximum atomic E-state index is 12.9. The monoisotopic (exact) mass is 373 g/mol. The Balaban J connectivity index is 1.93. The van der Waals surface area contributed by atoms with Crippen LogP contribution in [0.5, 0.6) is 0 Å². The molecule has 5 nitrogen and oxygen atoms in total. The van der Waals surface area contributed by atoms with Crippen molar-refractivity contribution in [2.45, 2.75) is 4.90 Å². The van der Waals surface area contributed by atoms with Crippen LogP contribution in [0.15, 0.2) is 27.6 Å². The molecule has 2 heterocycles. The Kier molecular flexibility index (Phi) is 4.02. The maximum Gasteiger partial charge on any atom is 0.244 e. The van der Waals surface area contributed by atoms with E-state index < -0.39 is 10.0 Å². The zero-order chi connectivity index (χ0) is 15.2. The molecule has 2 aliphatic heterocycles. The lowest BCUT2D eigenvalue weighted by atomic mass is 10.0. The summed E-state index contributed by atoms with van der Waals surface area (Å²) in [5.41, 5.74) is 0.887. The zero-order valence-corrected chi connectivity index (χ0v) is 14.6.